The van der Waals surface area contributed by atoms with Crippen molar-refractivity contribution < 1.29 is 9.90 Å². The van der Waals surface area contributed by atoms with Gasteiger partial charge < -0.3 is 10.8 Å². The Morgan fingerprint density at radius 3 is 2.54 bits per heavy atom. The molecule has 0 aliphatic heterocycles. The van der Waals surface area contributed by atoms with E-state index in [0.717, 1.165) is 6.42 Å². The zero-order valence-electron chi connectivity index (χ0n) is 7.99. The van der Waals surface area contributed by atoms with Crippen molar-refractivity contribution in [2.24, 2.45) is 5.73 Å². The molecule has 0 saturated carbocycles. The van der Waals surface area contributed by atoms with E-state index in [0.29, 0.717) is 18.1 Å². The van der Waals surface area contributed by atoms with Gasteiger partial charge in [0.2, 0.25) is 0 Å². The topological polar surface area (TPSA) is 66.6 Å². The Balaban J connectivity index is 4.22. The highest BCUT2D eigenvalue weighted by molar-refractivity contribution is 7.80. The summed E-state index contributed by atoms with van der Waals surface area (Å²) in [6.07, 6.45) is 0.889. The number of aliphatic carboxylic acids is 1. The maximum Gasteiger partial charge on any atom is 0.320 e. The molecule has 3 N–H and O–H groups in total. The first-order valence-electron chi connectivity index (χ1n) is 4.24. The fraction of sp³-hybridized carbons (Fsp3) is 0.750. The van der Waals surface area contributed by atoms with Crippen LogP contribution in [0.1, 0.15) is 20.3 Å². The summed E-state index contributed by atoms with van der Waals surface area (Å²) in [7, 11) is 0. The van der Waals surface area contributed by atoms with Crippen LogP contribution in [-0.4, -0.2) is 40.1 Å². The van der Waals surface area contributed by atoms with Crippen molar-refractivity contribution in [2.75, 3.05) is 13.1 Å². The van der Waals surface area contributed by atoms with Crippen LogP contribution in [0.25, 0.3) is 0 Å². The zero-order chi connectivity index (χ0) is 10.4. The number of hydrogen-bond acceptors (Lipinski definition) is 3. The van der Waals surface area contributed by atoms with Crippen molar-refractivity contribution in [1.29, 1.82) is 0 Å². The second kappa shape index (κ2) is 5.88. The number of nitrogens with two attached hydrogens (primary N) is 1. The lowest BCUT2D eigenvalue weighted by Gasteiger charge is -2.24. The maximum atomic E-state index is 10.7. The van der Waals surface area contributed by atoms with E-state index in [9.17, 15) is 4.79 Å². The highest BCUT2D eigenvalue weighted by Gasteiger charge is 2.19. The molecule has 0 amide bonds. The van der Waals surface area contributed by atoms with Crippen LogP contribution in [0.2, 0.25) is 0 Å². The summed E-state index contributed by atoms with van der Waals surface area (Å²) in [5.41, 5.74) is 5.36. The molecule has 0 aliphatic rings. The third-order valence-electron chi connectivity index (χ3n) is 1.77. The minimum Gasteiger partial charge on any atom is -0.480 e. The van der Waals surface area contributed by atoms with Crippen LogP contribution in [0.4, 0.5) is 0 Å². The summed E-state index contributed by atoms with van der Waals surface area (Å²) < 4.78 is 0. The third kappa shape index (κ3) is 4.80. The molecule has 0 heterocycles. The Labute approximate surface area is 83.7 Å². The van der Waals surface area contributed by atoms with E-state index in [4.69, 9.17) is 23.1 Å². The van der Waals surface area contributed by atoms with E-state index in [1.54, 1.807) is 11.8 Å². The lowest BCUT2D eigenvalue weighted by molar-refractivity contribution is -0.142. The Morgan fingerprint density at radius 2 is 2.23 bits per heavy atom. The molecule has 76 valence electrons. The summed E-state index contributed by atoms with van der Waals surface area (Å²) in [4.78, 5) is 12.8. The molecule has 0 saturated heterocycles. The predicted molar refractivity (Wildman–Crippen MR) is 55.7 cm³/mol. The molecule has 0 aromatic rings. The number of rotatable bonds is 6. The van der Waals surface area contributed by atoms with Gasteiger partial charge in [-0.25, -0.2) is 0 Å². The standard InChI is InChI=1S/C8H16N2O2S/c1-3-4-10(5-7(9)13)6(2)8(11)12/h6H,3-5H2,1-2H3,(H2,9,13)(H,11,12). The summed E-state index contributed by atoms with van der Waals surface area (Å²) in [5, 5.41) is 8.77. The minimum atomic E-state index is -0.843. The number of carbonyl (C=O) groups is 1. The van der Waals surface area contributed by atoms with Gasteiger partial charge in [-0.3, -0.25) is 9.69 Å². The third-order valence-corrected chi connectivity index (χ3v) is 1.90. The van der Waals surface area contributed by atoms with Crippen LogP contribution in [0.15, 0.2) is 0 Å². The molecule has 0 aromatic heterocycles. The second-order valence-electron chi connectivity index (χ2n) is 2.95. The van der Waals surface area contributed by atoms with Gasteiger partial charge >= 0.3 is 5.97 Å². The van der Waals surface area contributed by atoms with Gasteiger partial charge in [0.25, 0.3) is 0 Å². The fourth-order valence-corrected chi connectivity index (χ4v) is 1.22. The van der Waals surface area contributed by atoms with Gasteiger partial charge in [0.05, 0.1) is 4.99 Å². The fourth-order valence-electron chi connectivity index (χ4n) is 1.05. The summed E-state index contributed by atoms with van der Waals surface area (Å²) in [6.45, 7) is 4.69. The smallest absolute Gasteiger partial charge is 0.320 e. The van der Waals surface area contributed by atoms with Crippen molar-refractivity contribution in [3.05, 3.63) is 0 Å². The van der Waals surface area contributed by atoms with E-state index in [1.165, 1.54) is 0 Å². The van der Waals surface area contributed by atoms with Gasteiger partial charge in [-0.2, -0.15) is 0 Å². The Kier molecular flexibility index (Phi) is 5.57. The molecule has 0 aliphatic carbocycles. The molecule has 1 atom stereocenters. The van der Waals surface area contributed by atoms with Gasteiger partial charge in [-0.1, -0.05) is 19.1 Å². The average molecular weight is 204 g/mol. The lowest BCUT2D eigenvalue weighted by atomic mass is 10.2. The van der Waals surface area contributed by atoms with Crippen LogP contribution in [0, 0.1) is 0 Å². The average Bonchev–Trinajstić information content (AvgIpc) is 2.01. The molecule has 1 unspecified atom stereocenters. The molecule has 0 bridgehead atoms. The Bertz CT molecular complexity index is 197. The van der Waals surface area contributed by atoms with Crippen molar-refractivity contribution in [3.63, 3.8) is 0 Å². The molecule has 0 rings (SSSR count). The SMILES string of the molecule is CCCN(CC(N)=S)C(C)C(=O)O. The van der Waals surface area contributed by atoms with E-state index < -0.39 is 12.0 Å². The molecule has 0 fully saturated rings. The molecule has 0 aromatic carbocycles. The van der Waals surface area contributed by atoms with Crippen LogP contribution < -0.4 is 5.73 Å². The lowest BCUT2D eigenvalue weighted by Crippen LogP contribution is -2.43. The number of hydrogen-bond donors (Lipinski definition) is 2. The molecule has 4 nitrogen and oxygen atoms in total. The van der Waals surface area contributed by atoms with Crippen molar-refractivity contribution in [2.45, 2.75) is 26.3 Å². The van der Waals surface area contributed by atoms with Crippen molar-refractivity contribution >= 4 is 23.2 Å². The summed E-state index contributed by atoms with van der Waals surface area (Å²) in [6, 6.07) is -0.526. The van der Waals surface area contributed by atoms with Gasteiger partial charge in [-0.05, 0) is 19.9 Å². The van der Waals surface area contributed by atoms with Gasteiger partial charge in [0.1, 0.15) is 6.04 Å². The molecular weight excluding hydrogens is 188 g/mol. The molecular formula is C8H16N2O2S. The first kappa shape index (κ1) is 12.3. The normalized spacial score (nSPS) is 12.8. The number of carboxylic acid groups (broad SMARTS) is 1. The van der Waals surface area contributed by atoms with Crippen molar-refractivity contribution in [1.82, 2.24) is 4.90 Å². The van der Waals surface area contributed by atoms with E-state index in [2.05, 4.69) is 0 Å². The largest absolute Gasteiger partial charge is 0.480 e. The Hall–Kier alpha value is -0.680. The van der Waals surface area contributed by atoms with Crippen LogP contribution in [-0.2, 0) is 4.79 Å². The van der Waals surface area contributed by atoms with E-state index >= 15 is 0 Å². The first-order valence-corrected chi connectivity index (χ1v) is 4.65. The number of thiocarbonyl (C=S) groups is 1. The van der Waals surface area contributed by atoms with Crippen LogP contribution in [0.3, 0.4) is 0 Å². The molecule has 13 heavy (non-hydrogen) atoms. The van der Waals surface area contributed by atoms with Crippen LogP contribution in [0.5, 0.6) is 0 Å². The predicted octanol–water partition coefficient (Wildman–Crippen LogP) is 0.458. The van der Waals surface area contributed by atoms with Gasteiger partial charge in [-0.15, -0.1) is 0 Å². The van der Waals surface area contributed by atoms with Gasteiger partial charge in [0.15, 0.2) is 0 Å². The monoisotopic (exact) mass is 204 g/mol. The minimum absolute atomic E-state index is 0.335. The van der Waals surface area contributed by atoms with Crippen LogP contribution >= 0.6 is 12.2 Å². The summed E-state index contributed by atoms with van der Waals surface area (Å²) in [5.74, 6) is -0.843. The number of nitrogens with zero attached hydrogens (tertiary/aromatic N) is 1. The Morgan fingerprint density at radius 1 is 1.69 bits per heavy atom. The molecule has 0 spiro atoms. The second-order valence-corrected chi connectivity index (χ2v) is 3.48. The maximum absolute atomic E-state index is 10.7. The molecule has 0 radical (unpaired) electrons. The van der Waals surface area contributed by atoms with Crippen molar-refractivity contribution in [3.8, 4) is 0 Å². The quantitative estimate of drug-likeness (QED) is 0.615. The van der Waals surface area contributed by atoms with Gasteiger partial charge in [0, 0.05) is 6.54 Å². The first-order chi connectivity index (χ1) is 5.99. The molecule has 5 heteroatoms. The zero-order valence-corrected chi connectivity index (χ0v) is 8.80. The van der Waals surface area contributed by atoms with E-state index in [-0.39, 0.29) is 0 Å². The van der Waals surface area contributed by atoms with E-state index in [1.807, 2.05) is 6.92 Å². The summed E-state index contributed by atoms with van der Waals surface area (Å²) >= 11 is 4.73. The number of carboxylic acids is 1. The highest BCUT2D eigenvalue weighted by atomic mass is 32.1. The highest BCUT2D eigenvalue weighted by Crippen LogP contribution is 2.00.